The topological polar surface area (TPSA) is 40.5 Å². The molecule has 1 N–H and O–H groups in total. The van der Waals surface area contributed by atoms with Crippen LogP contribution in [0.15, 0.2) is 0 Å². The lowest BCUT2D eigenvalue weighted by molar-refractivity contribution is -0.137. The van der Waals surface area contributed by atoms with Gasteiger partial charge < -0.3 is 10.0 Å². The van der Waals surface area contributed by atoms with E-state index in [0.717, 1.165) is 44.7 Å². The van der Waals surface area contributed by atoms with Crippen molar-refractivity contribution in [3.8, 4) is 0 Å². The van der Waals surface area contributed by atoms with Crippen LogP contribution in [0.25, 0.3) is 0 Å². The van der Waals surface area contributed by atoms with Gasteiger partial charge in [0.25, 0.3) is 0 Å². The molecule has 2 bridgehead atoms. The molecule has 2 saturated carbocycles. The number of hydrogen-bond donors (Lipinski definition) is 1. The lowest BCUT2D eigenvalue weighted by atomic mass is 9.87. The van der Waals surface area contributed by atoms with Crippen LogP contribution in [0.3, 0.4) is 0 Å². The first-order valence-electron chi connectivity index (χ1n) is 7.56. The van der Waals surface area contributed by atoms with Crippen LogP contribution < -0.4 is 0 Å². The third-order valence-corrected chi connectivity index (χ3v) is 5.43. The summed E-state index contributed by atoms with van der Waals surface area (Å²) < 4.78 is 0. The minimum Gasteiger partial charge on any atom is -0.390 e. The van der Waals surface area contributed by atoms with Crippen molar-refractivity contribution in [3.63, 3.8) is 0 Å². The van der Waals surface area contributed by atoms with Gasteiger partial charge in [0.15, 0.2) is 0 Å². The molecule has 0 aromatic rings. The molecule has 3 aliphatic rings. The number of carbonyl (C=O) groups is 1. The summed E-state index contributed by atoms with van der Waals surface area (Å²) in [6, 6.07) is 0. The van der Waals surface area contributed by atoms with Gasteiger partial charge in [-0.05, 0) is 57.3 Å². The molecule has 1 aliphatic heterocycles. The van der Waals surface area contributed by atoms with Crippen LogP contribution in [0.5, 0.6) is 0 Å². The fraction of sp³-hybridized carbons (Fsp3) is 0.933. The molecule has 3 nitrogen and oxygen atoms in total. The standard InChI is InChI=1S/C15H25NO2/c1-15(18)5-2-7-16(8-6-15)14(17)13-10-11-3-4-12(13)9-11/h11-13,18H,2-10H2,1H3. The largest absolute Gasteiger partial charge is 0.390 e. The highest BCUT2D eigenvalue weighted by Gasteiger charge is 2.44. The van der Waals surface area contributed by atoms with E-state index in [1.165, 1.54) is 19.3 Å². The van der Waals surface area contributed by atoms with E-state index in [4.69, 9.17) is 0 Å². The fourth-order valence-corrected chi connectivity index (χ4v) is 4.27. The summed E-state index contributed by atoms with van der Waals surface area (Å²) in [7, 11) is 0. The number of likely N-dealkylation sites (tertiary alicyclic amines) is 1. The van der Waals surface area contributed by atoms with Crippen molar-refractivity contribution in [1.82, 2.24) is 4.90 Å². The Morgan fingerprint density at radius 3 is 2.72 bits per heavy atom. The number of carbonyl (C=O) groups excluding carboxylic acids is 1. The lowest BCUT2D eigenvalue weighted by Crippen LogP contribution is -2.39. The van der Waals surface area contributed by atoms with Gasteiger partial charge in [-0.25, -0.2) is 0 Å². The zero-order chi connectivity index (χ0) is 12.8. The molecular weight excluding hydrogens is 226 g/mol. The Morgan fingerprint density at radius 1 is 1.22 bits per heavy atom. The molecule has 3 heteroatoms. The van der Waals surface area contributed by atoms with Gasteiger partial charge >= 0.3 is 0 Å². The second-order valence-corrected chi connectivity index (χ2v) is 6.96. The van der Waals surface area contributed by atoms with Crippen molar-refractivity contribution in [3.05, 3.63) is 0 Å². The summed E-state index contributed by atoms with van der Waals surface area (Å²) in [5, 5.41) is 10.1. The van der Waals surface area contributed by atoms with E-state index in [9.17, 15) is 9.90 Å². The van der Waals surface area contributed by atoms with E-state index < -0.39 is 5.60 Å². The van der Waals surface area contributed by atoms with Gasteiger partial charge in [0, 0.05) is 19.0 Å². The van der Waals surface area contributed by atoms with Crippen molar-refractivity contribution in [2.24, 2.45) is 17.8 Å². The first-order valence-corrected chi connectivity index (χ1v) is 7.56. The minimum atomic E-state index is -0.566. The van der Waals surface area contributed by atoms with Gasteiger partial charge in [-0.2, -0.15) is 0 Å². The zero-order valence-corrected chi connectivity index (χ0v) is 11.4. The van der Waals surface area contributed by atoms with Crippen molar-refractivity contribution in [1.29, 1.82) is 0 Å². The van der Waals surface area contributed by atoms with Crippen LogP contribution in [0.4, 0.5) is 0 Å². The maximum atomic E-state index is 12.6. The average molecular weight is 251 g/mol. The first kappa shape index (κ1) is 12.5. The van der Waals surface area contributed by atoms with Gasteiger partial charge in [-0.15, -0.1) is 0 Å². The predicted molar refractivity (Wildman–Crippen MR) is 70.0 cm³/mol. The van der Waals surface area contributed by atoms with Gasteiger partial charge in [0.05, 0.1) is 5.60 Å². The van der Waals surface area contributed by atoms with Crippen LogP contribution in [0.2, 0.25) is 0 Å². The second-order valence-electron chi connectivity index (χ2n) is 6.96. The molecule has 4 atom stereocenters. The molecule has 0 radical (unpaired) electrons. The van der Waals surface area contributed by atoms with E-state index in [2.05, 4.69) is 0 Å². The lowest BCUT2D eigenvalue weighted by Gasteiger charge is -2.29. The highest BCUT2D eigenvalue weighted by atomic mass is 16.3. The van der Waals surface area contributed by atoms with Crippen molar-refractivity contribution in [2.75, 3.05) is 13.1 Å². The summed E-state index contributed by atoms with van der Waals surface area (Å²) in [6.07, 6.45) is 7.56. The van der Waals surface area contributed by atoms with Crippen LogP contribution >= 0.6 is 0 Å². The molecule has 1 saturated heterocycles. The molecule has 0 aromatic heterocycles. The highest BCUT2D eigenvalue weighted by Crippen LogP contribution is 2.49. The van der Waals surface area contributed by atoms with Gasteiger partial charge in [0.1, 0.15) is 0 Å². The van der Waals surface area contributed by atoms with E-state index >= 15 is 0 Å². The summed E-state index contributed by atoms with van der Waals surface area (Å²) in [5.41, 5.74) is -0.566. The van der Waals surface area contributed by atoms with E-state index in [1.54, 1.807) is 0 Å². The minimum absolute atomic E-state index is 0.312. The Hall–Kier alpha value is -0.570. The van der Waals surface area contributed by atoms with Crippen molar-refractivity contribution < 1.29 is 9.90 Å². The number of aliphatic hydroxyl groups is 1. The number of nitrogens with zero attached hydrogens (tertiary/aromatic N) is 1. The Balaban J connectivity index is 1.62. The quantitative estimate of drug-likeness (QED) is 0.776. The van der Waals surface area contributed by atoms with E-state index in [1.807, 2.05) is 11.8 Å². The predicted octanol–water partition coefficient (Wildman–Crippen LogP) is 2.19. The highest BCUT2D eigenvalue weighted by molar-refractivity contribution is 5.79. The molecule has 1 heterocycles. The monoisotopic (exact) mass is 251 g/mol. The Labute approximate surface area is 110 Å². The summed E-state index contributed by atoms with van der Waals surface area (Å²) in [6.45, 7) is 3.50. The van der Waals surface area contributed by atoms with Crippen LogP contribution in [-0.2, 0) is 4.79 Å². The molecule has 3 rings (SSSR count). The van der Waals surface area contributed by atoms with Gasteiger partial charge in [-0.1, -0.05) is 6.42 Å². The van der Waals surface area contributed by atoms with E-state index in [0.29, 0.717) is 17.7 Å². The van der Waals surface area contributed by atoms with Crippen molar-refractivity contribution in [2.45, 2.75) is 57.5 Å². The van der Waals surface area contributed by atoms with Gasteiger partial charge in [-0.3, -0.25) is 4.79 Å². The maximum absolute atomic E-state index is 12.6. The van der Waals surface area contributed by atoms with Crippen LogP contribution in [0.1, 0.15) is 51.9 Å². The SMILES string of the molecule is CC1(O)CCCN(C(=O)C2CC3CCC2C3)CC1. The van der Waals surface area contributed by atoms with Gasteiger partial charge in [0.2, 0.25) is 5.91 Å². The summed E-state index contributed by atoms with van der Waals surface area (Å²) in [5.74, 6) is 2.21. The third-order valence-electron chi connectivity index (χ3n) is 5.43. The summed E-state index contributed by atoms with van der Waals surface area (Å²) in [4.78, 5) is 14.6. The summed E-state index contributed by atoms with van der Waals surface area (Å²) >= 11 is 0. The maximum Gasteiger partial charge on any atom is 0.225 e. The molecule has 2 aliphatic carbocycles. The molecule has 102 valence electrons. The molecule has 18 heavy (non-hydrogen) atoms. The number of rotatable bonds is 1. The third kappa shape index (κ3) is 2.29. The number of hydrogen-bond acceptors (Lipinski definition) is 2. The molecule has 1 amide bonds. The van der Waals surface area contributed by atoms with Crippen molar-refractivity contribution >= 4 is 5.91 Å². The number of fused-ring (bicyclic) bond motifs is 2. The fourth-order valence-electron chi connectivity index (χ4n) is 4.27. The van der Waals surface area contributed by atoms with Crippen LogP contribution in [-0.4, -0.2) is 34.6 Å². The molecule has 0 spiro atoms. The Kier molecular flexibility index (Phi) is 3.13. The molecular formula is C15H25NO2. The zero-order valence-electron chi connectivity index (χ0n) is 11.4. The first-order chi connectivity index (χ1) is 8.55. The average Bonchev–Trinajstić information content (AvgIpc) is 2.90. The normalized spacial score (nSPS) is 44.1. The Bertz CT molecular complexity index is 339. The van der Waals surface area contributed by atoms with Crippen LogP contribution in [0, 0.1) is 17.8 Å². The van der Waals surface area contributed by atoms with E-state index in [-0.39, 0.29) is 0 Å². The second kappa shape index (κ2) is 4.52. The molecule has 4 unspecified atom stereocenters. The Morgan fingerprint density at radius 2 is 2.06 bits per heavy atom. The number of amides is 1. The molecule has 0 aromatic carbocycles. The molecule has 3 fully saturated rings. The smallest absolute Gasteiger partial charge is 0.225 e.